The monoisotopic (exact) mass is 416 g/mol. The van der Waals surface area contributed by atoms with Crippen LogP contribution in [0.1, 0.15) is 17.5 Å². The Bertz CT molecular complexity index is 917. The molecule has 124 valence electrons. The largest absolute Gasteiger partial charge is 0.252 e. The van der Waals surface area contributed by atoms with Gasteiger partial charge in [0.2, 0.25) is 5.13 Å². The number of aromatic nitrogens is 2. The number of anilines is 1. The zero-order chi connectivity index (χ0) is 17.3. The lowest BCUT2D eigenvalue weighted by Gasteiger charge is -2.01. The lowest BCUT2D eigenvalue weighted by Crippen LogP contribution is -1.99. The molecular formula is C15H11Cl3N4S2. The number of nitrogens with zero attached hydrogens (tertiary/aromatic N) is 3. The van der Waals surface area contributed by atoms with Crippen molar-refractivity contribution in [2.75, 3.05) is 5.43 Å². The maximum absolute atomic E-state index is 6.21. The van der Waals surface area contributed by atoms with Gasteiger partial charge in [-0.05, 0) is 32.0 Å². The summed E-state index contributed by atoms with van der Waals surface area (Å²) >= 11 is 20.9. The van der Waals surface area contributed by atoms with Crippen molar-refractivity contribution in [2.24, 2.45) is 5.10 Å². The van der Waals surface area contributed by atoms with Gasteiger partial charge in [0, 0.05) is 16.0 Å². The van der Waals surface area contributed by atoms with Crippen molar-refractivity contribution in [2.45, 2.75) is 13.8 Å². The minimum Gasteiger partial charge on any atom is -0.252 e. The van der Waals surface area contributed by atoms with Gasteiger partial charge in [0.25, 0.3) is 0 Å². The quantitative estimate of drug-likeness (QED) is 0.396. The zero-order valence-corrected chi connectivity index (χ0v) is 16.5. The van der Waals surface area contributed by atoms with Gasteiger partial charge in [-0.1, -0.05) is 34.8 Å². The van der Waals surface area contributed by atoms with Gasteiger partial charge in [0.05, 0.1) is 27.0 Å². The van der Waals surface area contributed by atoms with Crippen molar-refractivity contribution in [3.05, 3.63) is 48.7 Å². The molecule has 0 unspecified atom stereocenters. The van der Waals surface area contributed by atoms with Gasteiger partial charge in [-0.15, -0.1) is 22.7 Å². The molecule has 1 aromatic carbocycles. The third-order valence-corrected chi connectivity index (χ3v) is 5.80. The van der Waals surface area contributed by atoms with Gasteiger partial charge >= 0.3 is 0 Å². The summed E-state index contributed by atoms with van der Waals surface area (Å²) in [5.74, 6) is 0. The predicted octanol–water partition coefficient (Wildman–Crippen LogP) is 6.37. The summed E-state index contributed by atoms with van der Waals surface area (Å²) in [5.41, 5.74) is 6.23. The summed E-state index contributed by atoms with van der Waals surface area (Å²) in [5, 5.41) is 8.10. The fraction of sp³-hybridized carbons (Fsp3) is 0.133. The van der Waals surface area contributed by atoms with E-state index in [2.05, 4.69) is 20.5 Å². The molecule has 3 rings (SSSR count). The van der Waals surface area contributed by atoms with E-state index in [-0.39, 0.29) is 0 Å². The van der Waals surface area contributed by atoms with E-state index in [9.17, 15) is 0 Å². The van der Waals surface area contributed by atoms with Crippen LogP contribution >= 0.6 is 57.5 Å². The standard InChI is InChI=1S/C15H11Cl3N4S2/c1-7-13(24-14(18)19-7)8(2)21-22-15-20-12(6-23-15)10-4-3-9(16)5-11(10)17/h3-6H,1-2H3,(H,20,22)/b21-8+. The highest BCUT2D eigenvalue weighted by molar-refractivity contribution is 7.17. The highest BCUT2D eigenvalue weighted by atomic mass is 35.5. The molecular weight excluding hydrogens is 407 g/mol. The molecule has 0 aliphatic rings. The molecule has 0 bridgehead atoms. The molecule has 0 aliphatic heterocycles. The number of aryl methyl sites for hydroxylation is 1. The summed E-state index contributed by atoms with van der Waals surface area (Å²) < 4.78 is 0.506. The Kier molecular flexibility index (Phi) is 5.42. The van der Waals surface area contributed by atoms with Crippen molar-refractivity contribution < 1.29 is 0 Å². The fourth-order valence-corrected chi connectivity index (χ4v) is 4.28. The Labute approximate surface area is 162 Å². The van der Waals surface area contributed by atoms with Crippen molar-refractivity contribution in [3.63, 3.8) is 0 Å². The van der Waals surface area contributed by atoms with Gasteiger partial charge in [0.1, 0.15) is 0 Å². The molecule has 0 saturated heterocycles. The van der Waals surface area contributed by atoms with Crippen molar-refractivity contribution in [3.8, 4) is 11.3 Å². The van der Waals surface area contributed by atoms with Crippen LogP contribution in [0.25, 0.3) is 11.3 Å². The number of hydrogen-bond donors (Lipinski definition) is 1. The molecule has 9 heteroatoms. The Morgan fingerprint density at radius 1 is 1.21 bits per heavy atom. The molecule has 0 aliphatic carbocycles. The van der Waals surface area contributed by atoms with Crippen LogP contribution in [0.15, 0.2) is 28.7 Å². The van der Waals surface area contributed by atoms with E-state index in [4.69, 9.17) is 34.8 Å². The third kappa shape index (κ3) is 3.90. The summed E-state index contributed by atoms with van der Waals surface area (Å²) in [6, 6.07) is 5.33. The number of rotatable bonds is 4. The smallest absolute Gasteiger partial charge is 0.203 e. The predicted molar refractivity (Wildman–Crippen MR) is 105 cm³/mol. The first-order valence-corrected chi connectivity index (χ1v) is 9.61. The Morgan fingerprint density at radius 2 is 2.00 bits per heavy atom. The summed E-state index contributed by atoms with van der Waals surface area (Å²) in [6.45, 7) is 3.80. The number of hydrogen-bond acceptors (Lipinski definition) is 6. The van der Waals surface area contributed by atoms with Gasteiger partial charge < -0.3 is 0 Å². The summed E-state index contributed by atoms with van der Waals surface area (Å²) in [7, 11) is 0. The van der Waals surface area contributed by atoms with Crippen LogP contribution in [0.5, 0.6) is 0 Å². The molecule has 0 fully saturated rings. The molecule has 0 amide bonds. The number of nitrogens with one attached hydrogen (secondary N) is 1. The maximum atomic E-state index is 6.21. The second-order valence-corrected chi connectivity index (χ2v) is 8.14. The molecule has 0 spiro atoms. The summed E-state index contributed by atoms with van der Waals surface area (Å²) in [4.78, 5) is 9.63. The zero-order valence-electron chi connectivity index (χ0n) is 12.6. The molecule has 2 heterocycles. The van der Waals surface area contributed by atoms with E-state index in [1.165, 1.54) is 22.7 Å². The van der Waals surface area contributed by atoms with Crippen LogP contribution in [0.3, 0.4) is 0 Å². The number of hydrazone groups is 1. The average molecular weight is 418 g/mol. The Morgan fingerprint density at radius 3 is 2.67 bits per heavy atom. The number of thiazole rings is 2. The van der Waals surface area contributed by atoms with Crippen molar-refractivity contribution in [1.29, 1.82) is 0 Å². The minimum atomic E-state index is 0.506. The van der Waals surface area contributed by atoms with Gasteiger partial charge in [-0.2, -0.15) is 5.10 Å². The Hall–Kier alpha value is -1.18. The van der Waals surface area contributed by atoms with Gasteiger partial charge in [-0.25, -0.2) is 9.97 Å². The molecule has 24 heavy (non-hydrogen) atoms. The fourth-order valence-electron chi connectivity index (χ4n) is 2.03. The SMILES string of the molecule is C/C(=N\Nc1nc(-c2ccc(Cl)cc2Cl)cs1)c1sc(Cl)nc1C. The van der Waals surface area contributed by atoms with Crippen molar-refractivity contribution >= 4 is 68.3 Å². The van der Waals surface area contributed by atoms with Gasteiger partial charge in [0.15, 0.2) is 4.47 Å². The summed E-state index contributed by atoms with van der Waals surface area (Å²) in [6.07, 6.45) is 0. The van der Waals surface area contributed by atoms with Crippen LogP contribution in [0.4, 0.5) is 5.13 Å². The first-order chi connectivity index (χ1) is 11.4. The normalized spacial score (nSPS) is 11.8. The second-order valence-electron chi connectivity index (χ2n) is 4.85. The number of halogens is 3. The van der Waals surface area contributed by atoms with E-state index < -0.39 is 0 Å². The van der Waals surface area contributed by atoms with E-state index in [1.807, 2.05) is 25.3 Å². The van der Waals surface area contributed by atoms with E-state index in [1.54, 1.807) is 12.1 Å². The van der Waals surface area contributed by atoms with Crippen LogP contribution in [0.2, 0.25) is 14.5 Å². The third-order valence-electron chi connectivity index (χ3n) is 3.13. The van der Waals surface area contributed by atoms with Crippen LogP contribution in [-0.4, -0.2) is 15.7 Å². The van der Waals surface area contributed by atoms with Crippen LogP contribution in [-0.2, 0) is 0 Å². The molecule has 2 aromatic heterocycles. The first-order valence-electron chi connectivity index (χ1n) is 6.78. The van der Waals surface area contributed by atoms with E-state index in [0.717, 1.165) is 27.5 Å². The maximum Gasteiger partial charge on any atom is 0.203 e. The lowest BCUT2D eigenvalue weighted by atomic mass is 10.2. The Balaban J connectivity index is 1.79. The topological polar surface area (TPSA) is 50.2 Å². The highest BCUT2D eigenvalue weighted by Crippen LogP contribution is 2.32. The molecule has 4 nitrogen and oxygen atoms in total. The first kappa shape index (κ1) is 17.6. The number of benzene rings is 1. The van der Waals surface area contributed by atoms with E-state index >= 15 is 0 Å². The second kappa shape index (κ2) is 7.37. The van der Waals surface area contributed by atoms with Crippen LogP contribution < -0.4 is 5.43 Å². The molecule has 0 radical (unpaired) electrons. The van der Waals surface area contributed by atoms with E-state index in [0.29, 0.717) is 19.6 Å². The van der Waals surface area contributed by atoms with Gasteiger partial charge in [-0.3, -0.25) is 5.43 Å². The molecule has 0 saturated carbocycles. The molecule has 0 atom stereocenters. The minimum absolute atomic E-state index is 0.506. The molecule has 1 N–H and O–H groups in total. The average Bonchev–Trinajstić information content (AvgIpc) is 3.11. The molecule has 3 aromatic rings. The van der Waals surface area contributed by atoms with Crippen molar-refractivity contribution in [1.82, 2.24) is 9.97 Å². The van der Waals surface area contributed by atoms with Crippen LogP contribution in [0, 0.1) is 6.92 Å². The highest BCUT2D eigenvalue weighted by Gasteiger charge is 2.11. The lowest BCUT2D eigenvalue weighted by molar-refractivity contribution is 1.24.